The predicted octanol–water partition coefficient (Wildman–Crippen LogP) is 5.99. The zero-order chi connectivity index (χ0) is 22.8. The van der Waals surface area contributed by atoms with Crippen molar-refractivity contribution in [1.29, 1.82) is 0 Å². The van der Waals surface area contributed by atoms with E-state index in [0.29, 0.717) is 17.7 Å². The van der Waals surface area contributed by atoms with Gasteiger partial charge in [0.1, 0.15) is 17.1 Å². The van der Waals surface area contributed by atoms with Crippen molar-refractivity contribution < 1.29 is 32.2 Å². The lowest BCUT2D eigenvalue weighted by molar-refractivity contribution is -0.274. The van der Waals surface area contributed by atoms with Crippen LogP contribution in [0.3, 0.4) is 0 Å². The second-order valence-electron chi connectivity index (χ2n) is 7.62. The predicted molar refractivity (Wildman–Crippen MR) is 109 cm³/mol. The van der Waals surface area contributed by atoms with Crippen LogP contribution >= 0.6 is 11.6 Å². The van der Waals surface area contributed by atoms with Gasteiger partial charge in [0.2, 0.25) is 0 Å². The van der Waals surface area contributed by atoms with Crippen LogP contribution in [0.5, 0.6) is 11.5 Å². The summed E-state index contributed by atoms with van der Waals surface area (Å²) in [5.74, 6) is 0.0486. The second kappa shape index (κ2) is 8.66. The van der Waals surface area contributed by atoms with Crippen LogP contribution in [0.15, 0.2) is 42.7 Å². The Hall–Kier alpha value is -2.94. The van der Waals surface area contributed by atoms with Gasteiger partial charge in [-0.2, -0.15) is 0 Å². The Kier molecular flexibility index (Phi) is 6.35. The summed E-state index contributed by atoms with van der Waals surface area (Å²) in [6.07, 6.45) is -1.77. The highest BCUT2D eigenvalue weighted by Crippen LogP contribution is 2.28. The van der Waals surface area contributed by atoms with Crippen LogP contribution in [0, 0.1) is 0 Å². The molecule has 2 aromatic heterocycles. The molecular weight excluding hydrogens is 437 g/mol. The maximum atomic E-state index is 12.6. The van der Waals surface area contributed by atoms with Gasteiger partial charge in [-0.05, 0) is 56.7 Å². The quantitative estimate of drug-likeness (QED) is 0.441. The van der Waals surface area contributed by atoms with Crippen molar-refractivity contribution in [1.82, 2.24) is 9.55 Å². The molecule has 31 heavy (non-hydrogen) atoms. The summed E-state index contributed by atoms with van der Waals surface area (Å²) in [6.45, 7) is 5.50. The van der Waals surface area contributed by atoms with Crippen LogP contribution in [-0.2, 0) is 11.2 Å². The fraction of sp³-hybridized carbons (Fsp3) is 0.333. The van der Waals surface area contributed by atoms with Crippen molar-refractivity contribution >= 4 is 28.6 Å². The number of rotatable bonds is 5. The number of aromatic nitrogens is 2. The van der Waals surface area contributed by atoms with Gasteiger partial charge in [-0.3, -0.25) is 0 Å². The van der Waals surface area contributed by atoms with E-state index in [4.69, 9.17) is 21.1 Å². The Bertz CT molecular complexity index is 1070. The van der Waals surface area contributed by atoms with E-state index in [-0.39, 0.29) is 17.5 Å². The van der Waals surface area contributed by atoms with Gasteiger partial charge in [0, 0.05) is 24.2 Å². The fourth-order valence-electron chi connectivity index (χ4n) is 2.88. The van der Waals surface area contributed by atoms with Crippen LogP contribution in [0.25, 0.3) is 10.9 Å². The molecule has 2 heterocycles. The Morgan fingerprint density at radius 1 is 1.10 bits per heavy atom. The first-order valence-corrected chi connectivity index (χ1v) is 9.67. The highest BCUT2D eigenvalue weighted by molar-refractivity contribution is 6.34. The lowest BCUT2D eigenvalue weighted by atomic mass is 10.1. The minimum absolute atomic E-state index is 0.163. The number of carbonyl (C=O) groups excluding carboxylic acids is 1. The summed E-state index contributed by atoms with van der Waals surface area (Å²) in [5.41, 5.74) is 0.525. The van der Waals surface area contributed by atoms with E-state index in [9.17, 15) is 18.0 Å². The molecule has 0 aliphatic heterocycles. The molecule has 0 spiro atoms. The van der Waals surface area contributed by atoms with Crippen LogP contribution in [0.4, 0.5) is 18.0 Å². The average molecular weight is 457 g/mol. The van der Waals surface area contributed by atoms with Gasteiger partial charge in [-0.25, -0.2) is 14.3 Å². The molecule has 10 heteroatoms. The first-order valence-electron chi connectivity index (χ1n) is 9.29. The van der Waals surface area contributed by atoms with Gasteiger partial charge in [0.15, 0.2) is 5.15 Å². The van der Waals surface area contributed by atoms with Gasteiger partial charge in [-0.15, -0.1) is 13.2 Å². The molecule has 6 nitrogen and oxygen atoms in total. The molecule has 3 aromatic rings. The van der Waals surface area contributed by atoms with E-state index in [2.05, 4.69) is 9.72 Å². The molecule has 0 N–H and O–H groups in total. The van der Waals surface area contributed by atoms with Gasteiger partial charge >= 0.3 is 12.5 Å². The van der Waals surface area contributed by atoms with Gasteiger partial charge in [-0.1, -0.05) is 11.6 Å². The summed E-state index contributed by atoms with van der Waals surface area (Å²) < 4.78 is 52.9. The number of benzene rings is 1. The molecule has 1 aromatic carbocycles. The first kappa shape index (κ1) is 22.7. The molecule has 0 saturated heterocycles. The number of nitrogens with zero attached hydrogens (tertiary/aromatic N) is 2. The van der Waals surface area contributed by atoms with Crippen molar-refractivity contribution in [3.63, 3.8) is 0 Å². The summed E-state index contributed by atoms with van der Waals surface area (Å²) in [7, 11) is 0. The molecule has 0 amide bonds. The molecule has 0 aliphatic rings. The Balaban J connectivity index is 1.73. The van der Waals surface area contributed by atoms with Crippen molar-refractivity contribution in [2.45, 2.75) is 39.2 Å². The zero-order valence-corrected chi connectivity index (χ0v) is 17.8. The van der Waals surface area contributed by atoms with Gasteiger partial charge in [0.05, 0.1) is 12.1 Å². The summed E-state index contributed by atoms with van der Waals surface area (Å²) in [4.78, 5) is 16.6. The van der Waals surface area contributed by atoms with E-state index < -0.39 is 18.1 Å². The normalized spacial score (nSPS) is 12.1. The smallest absolute Gasteiger partial charge is 0.493 e. The van der Waals surface area contributed by atoms with E-state index in [1.54, 1.807) is 33.0 Å². The number of hydrogen-bond acceptors (Lipinski definition) is 5. The lowest BCUT2D eigenvalue weighted by Gasteiger charge is -2.19. The van der Waals surface area contributed by atoms with Crippen LogP contribution in [-0.4, -0.2) is 34.2 Å². The monoisotopic (exact) mass is 456 g/mol. The van der Waals surface area contributed by atoms with Crippen LogP contribution in [0.2, 0.25) is 5.15 Å². The largest absolute Gasteiger partial charge is 0.573 e. The minimum atomic E-state index is -4.75. The molecule has 0 bridgehead atoms. The Morgan fingerprint density at radius 2 is 1.74 bits per heavy atom. The van der Waals surface area contributed by atoms with E-state index >= 15 is 0 Å². The molecule has 0 saturated carbocycles. The maximum Gasteiger partial charge on any atom is 0.573 e. The van der Waals surface area contributed by atoms with Gasteiger partial charge in [0.25, 0.3) is 0 Å². The molecule has 0 radical (unpaired) electrons. The topological polar surface area (TPSA) is 62.6 Å². The second-order valence-corrected chi connectivity index (χ2v) is 7.98. The zero-order valence-electron chi connectivity index (χ0n) is 17.0. The number of halogens is 4. The third kappa shape index (κ3) is 6.04. The minimum Gasteiger partial charge on any atom is -0.493 e. The Labute approximate surface area is 181 Å². The fourth-order valence-corrected chi connectivity index (χ4v) is 3.13. The molecule has 3 rings (SSSR count). The van der Waals surface area contributed by atoms with Crippen molar-refractivity contribution in [2.75, 3.05) is 6.61 Å². The SMILES string of the molecule is CC(C)(C)OC(=O)n1cc(CCOc2ccc(OC(F)(F)F)cc2)c2ccnc(Cl)c21. The molecule has 0 fully saturated rings. The molecule has 0 unspecified atom stereocenters. The molecule has 0 atom stereocenters. The van der Waals surface area contributed by atoms with Crippen molar-refractivity contribution in [2.24, 2.45) is 0 Å². The highest BCUT2D eigenvalue weighted by atomic mass is 35.5. The Morgan fingerprint density at radius 3 is 2.35 bits per heavy atom. The standard InChI is InChI=1S/C21H20ClF3N2O4/c1-20(2,3)31-19(28)27-12-13(16-8-10-26-18(22)17(16)27)9-11-29-14-4-6-15(7-5-14)30-21(23,24)25/h4-8,10,12H,9,11H2,1-3H3. The third-order valence-electron chi connectivity index (χ3n) is 4.04. The van der Waals surface area contributed by atoms with E-state index in [0.717, 1.165) is 10.9 Å². The molecule has 0 aliphatic carbocycles. The summed E-state index contributed by atoms with van der Waals surface area (Å²) in [6, 6.07) is 6.84. The number of fused-ring (bicyclic) bond motifs is 1. The van der Waals surface area contributed by atoms with Gasteiger partial charge < -0.3 is 14.2 Å². The highest BCUT2D eigenvalue weighted by Gasteiger charge is 2.31. The third-order valence-corrected chi connectivity index (χ3v) is 4.32. The van der Waals surface area contributed by atoms with Crippen LogP contribution < -0.4 is 9.47 Å². The average Bonchev–Trinajstić information content (AvgIpc) is 3.01. The van der Waals surface area contributed by atoms with Crippen LogP contribution in [0.1, 0.15) is 26.3 Å². The molecule has 166 valence electrons. The number of alkyl halides is 3. The van der Waals surface area contributed by atoms with Crippen molar-refractivity contribution in [3.8, 4) is 11.5 Å². The summed E-state index contributed by atoms with van der Waals surface area (Å²) >= 11 is 6.22. The van der Waals surface area contributed by atoms with Crippen molar-refractivity contribution in [3.05, 3.63) is 53.4 Å². The number of pyridine rings is 1. The molecular formula is C21H20ClF3N2O4. The van der Waals surface area contributed by atoms with E-state index in [1.165, 1.54) is 35.0 Å². The van der Waals surface area contributed by atoms with E-state index in [1.807, 2.05) is 0 Å². The number of hydrogen-bond donors (Lipinski definition) is 0. The maximum absolute atomic E-state index is 12.6. The number of carbonyl (C=O) groups is 1. The number of ether oxygens (including phenoxy) is 3. The summed E-state index contributed by atoms with van der Waals surface area (Å²) in [5, 5.41) is 0.888. The lowest BCUT2D eigenvalue weighted by Crippen LogP contribution is -2.26. The first-order chi connectivity index (χ1) is 14.4.